The molecule has 2 rings (SSSR count). The lowest BCUT2D eigenvalue weighted by atomic mass is 10.3. The van der Waals surface area contributed by atoms with Crippen LogP contribution in [0.25, 0.3) is 0 Å². The fraction of sp³-hybridized carbons (Fsp3) is 0.385. The van der Waals surface area contributed by atoms with Gasteiger partial charge in [0.2, 0.25) is 0 Å². The standard InChI is InChI=1S/C13H14Cl3NO/c1-8(6-17-9-2-3-9)7-18-13-5-11(15)10(14)4-12(13)16/h4-5,9,17H,1-3,6-7H2. The van der Waals surface area contributed by atoms with Crippen molar-refractivity contribution in [1.29, 1.82) is 0 Å². The first-order valence-corrected chi connectivity index (χ1v) is 6.87. The van der Waals surface area contributed by atoms with Crippen LogP contribution in [0.2, 0.25) is 15.1 Å². The molecule has 0 atom stereocenters. The quantitative estimate of drug-likeness (QED) is 0.624. The van der Waals surface area contributed by atoms with Crippen LogP contribution in [-0.4, -0.2) is 19.2 Å². The second-order valence-corrected chi connectivity index (χ2v) is 5.61. The molecule has 1 saturated carbocycles. The van der Waals surface area contributed by atoms with Crippen molar-refractivity contribution in [3.05, 3.63) is 39.4 Å². The maximum atomic E-state index is 6.01. The van der Waals surface area contributed by atoms with E-state index in [9.17, 15) is 0 Å². The van der Waals surface area contributed by atoms with Crippen LogP contribution in [0.5, 0.6) is 5.75 Å². The van der Waals surface area contributed by atoms with Crippen LogP contribution in [0.15, 0.2) is 24.3 Å². The van der Waals surface area contributed by atoms with Crippen molar-refractivity contribution in [2.45, 2.75) is 18.9 Å². The van der Waals surface area contributed by atoms with Gasteiger partial charge in [0.25, 0.3) is 0 Å². The molecule has 0 radical (unpaired) electrons. The Morgan fingerprint density at radius 3 is 2.56 bits per heavy atom. The second-order valence-electron chi connectivity index (χ2n) is 4.39. The predicted molar refractivity (Wildman–Crippen MR) is 77.1 cm³/mol. The first-order valence-electron chi connectivity index (χ1n) is 5.73. The number of benzene rings is 1. The highest BCUT2D eigenvalue weighted by atomic mass is 35.5. The van der Waals surface area contributed by atoms with Crippen molar-refractivity contribution < 1.29 is 4.74 Å². The van der Waals surface area contributed by atoms with Gasteiger partial charge in [-0.25, -0.2) is 0 Å². The van der Waals surface area contributed by atoms with E-state index in [1.165, 1.54) is 12.8 Å². The Labute approximate surface area is 122 Å². The Morgan fingerprint density at radius 1 is 1.22 bits per heavy atom. The summed E-state index contributed by atoms with van der Waals surface area (Å²) < 4.78 is 5.57. The van der Waals surface area contributed by atoms with E-state index in [1.807, 2.05) is 0 Å². The summed E-state index contributed by atoms with van der Waals surface area (Å²) in [6.45, 7) is 5.13. The van der Waals surface area contributed by atoms with E-state index in [2.05, 4.69) is 11.9 Å². The summed E-state index contributed by atoms with van der Waals surface area (Å²) in [5, 5.41) is 4.67. The van der Waals surface area contributed by atoms with Crippen molar-refractivity contribution in [2.24, 2.45) is 0 Å². The fourth-order valence-electron chi connectivity index (χ4n) is 1.42. The van der Waals surface area contributed by atoms with E-state index < -0.39 is 0 Å². The minimum atomic E-state index is 0.414. The van der Waals surface area contributed by atoms with Crippen LogP contribution >= 0.6 is 34.8 Å². The fourth-order valence-corrected chi connectivity index (χ4v) is 2.01. The van der Waals surface area contributed by atoms with Crippen LogP contribution in [0, 0.1) is 0 Å². The molecule has 0 aromatic heterocycles. The van der Waals surface area contributed by atoms with Crippen molar-refractivity contribution in [2.75, 3.05) is 13.2 Å². The average molecular weight is 307 g/mol. The Balaban J connectivity index is 1.84. The molecule has 0 amide bonds. The molecule has 1 N–H and O–H groups in total. The van der Waals surface area contributed by atoms with Crippen LogP contribution in [-0.2, 0) is 0 Å². The van der Waals surface area contributed by atoms with E-state index in [1.54, 1.807) is 12.1 Å². The Morgan fingerprint density at radius 2 is 1.89 bits per heavy atom. The molecule has 1 aliphatic carbocycles. The third-order valence-electron chi connectivity index (χ3n) is 2.62. The SMILES string of the molecule is C=C(CNC1CC1)COc1cc(Cl)c(Cl)cc1Cl. The average Bonchev–Trinajstić information content (AvgIpc) is 3.13. The molecule has 1 fully saturated rings. The minimum absolute atomic E-state index is 0.414. The van der Waals surface area contributed by atoms with E-state index in [0.717, 1.165) is 12.1 Å². The number of ether oxygens (including phenoxy) is 1. The van der Waals surface area contributed by atoms with Gasteiger partial charge in [-0.05, 0) is 24.5 Å². The van der Waals surface area contributed by atoms with Crippen molar-refractivity contribution in [1.82, 2.24) is 5.32 Å². The summed E-state index contributed by atoms with van der Waals surface area (Å²) >= 11 is 17.8. The second kappa shape index (κ2) is 6.16. The smallest absolute Gasteiger partial charge is 0.139 e. The molecule has 1 aromatic rings. The van der Waals surface area contributed by atoms with Gasteiger partial charge in [-0.15, -0.1) is 0 Å². The van der Waals surface area contributed by atoms with Crippen molar-refractivity contribution in [3.8, 4) is 5.75 Å². The van der Waals surface area contributed by atoms with Gasteiger partial charge < -0.3 is 10.1 Å². The normalized spacial score (nSPS) is 14.6. The summed E-state index contributed by atoms with van der Waals surface area (Å²) in [6, 6.07) is 3.86. The summed E-state index contributed by atoms with van der Waals surface area (Å²) in [5.41, 5.74) is 0.976. The number of hydrogen-bond donors (Lipinski definition) is 1. The largest absolute Gasteiger partial charge is 0.488 e. The third-order valence-corrected chi connectivity index (χ3v) is 3.64. The zero-order valence-corrected chi connectivity index (χ0v) is 12.1. The maximum absolute atomic E-state index is 6.01. The van der Waals surface area contributed by atoms with Crippen LogP contribution in [0.4, 0.5) is 0 Å². The summed E-state index contributed by atoms with van der Waals surface area (Å²) in [5.74, 6) is 0.527. The first kappa shape index (κ1) is 14.0. The number of hydrogen-bond acceptors (Lipinski definition) is 2. The minimum Gasteiger partial charge on any atom is -0.488 e. The van der Waals surface area contributed by atoms with Gasteiger partial charge in [-0.1, -0.05) is 41.4 Å². The summed E-state index contributed by atoms with van der Waals surface area (Å²) in [7, 11) is 0. The van der Waals surface area contributed by atoms with Crippen molar-refractivity contribution >= 4 is 34.8 Å². The zero-order chi connectivity index (χ0) is 13.1. The van der Waals surface area contributed by atoms with E-state index >= 15 is 0 Å². The van der Waals surface area contributed by atoms with Gasteiger partial charge in [0.1, 0.15) is 12.4 Å². The zero-order valence-electron chi connectivity index (χ0n) is 9.81. The van der Waals surface area contributed by atoms with Gasteiger partial charge in [0.15, 0.2) is 0 Å². The Hall–Kier alpha value is -0.410. The van der Waals surface area contributed by atoms with E-state index in [4.69, 9.17) is 39.5 Å². The van der Waals surface area contributed by atoms with Gasteiger partial charge in [0, 0.05) is 18.7 Å². The van der Waals surface area contributed by atoms with Gasteiger partial charge >= 0.3 is 0 Å². The monoisotopic (exact) mass is 305 g/mol. The topological polar surface area (TPSA) is 21.3 Å². The molecule has 5 heteroatoms. The highest BCUT2D eigenvalue weighted by Crippen LogP contribution is 2.33. The van der Waals surface area contributed by atoms with Gasteiger partial charge in [-0.3, -0.25) is 0 Å². The van der Waals surface area contributed by atoms with Gasteiger partial charge in [-0.2, -0.15) is 0 Å². The third kappa shape index (κ3) is 4.06. The van der Waals surface area contributed by atoms with Crippen LogP contribution in [0.3, 0.4) is 0 Å². The lowest BCUT2D eigenvalue weighted by Crippen LogP contribution is -2.21. The predicted octanol–water partition coefficient (Wildman–Crippen LogP) is 4.33. The highest BCUT2D eigenvalue weighted by molar-refractivity contribution is 6.43. The van der Waals surface area contributed by atoms with Crippen molar-refractivity contribution in [3.63, 3.8) is 0 Å². The highest BCUT2D eigenvalue weighted by Gasteiger charge is 2.20. The molecule has 0 spiro atoms. The lowest BCUT2D eigenvalue weighted by molar-refractivity contribution is 0.348. The Bertz CT molecular complexity index is 458. The molecule has 0 unspecified atom stereocenters. The molecule has 2 nitrogen and oxygen atoms in total. The number of halogens is 3. The molecule has 0 aliphatic heterocycles. The summed E-state index contributed by atoms with van der Waals surface area (Å²) in [6.07, 6.45) is 2.51. The molecular formula is C13H14Cl3NO. The molecule has 18 heavy (non-hydrogen) atoms. The first-order chi connectivity index (χ1) is 8.56. The molecule has 0 saturated heterocycles. The maximum Gasteiger partial charge on any atom is 0.139 e. The van der Waals surface area contributed by atoms with Crippen LogP contribution in [0.1, 0.15) is 12.8 Å². The van der Waals surface area contributed by atoms with Gasteiger partial charge in [0.05, 0.1) is 15.1 Å². The van der Waals surface area contributed by atoms with E-state index in [-0.39, 0.29) is 0 Å². The number of rotatable bonds is 6. The lowest BCUT2D eigenvalue weighted by Gasteiger charge is -2.11. The molecule has 1 aromatic carbocycles. The Kier molecular flexibility index (Phi) is 4.79. The number of nitrogens with one attached hydrogen (secondary N) is 1. The van der Waals surface area contributed by atoms with E-state index in [0.29, 0.717) is 33.5 Å². The molecule has 0 bridgehead atoms. The summed E-state index contributed by atoms with van der Waals surface area (Å²) in [4.78, 5) is 0. The molecular weight excluding hydrogens is 293 g/mol. The molecule has 0 heterocycles. The van der Waals surface area contributed by atoms with Crippen LogP contribution < -0.4 is 10.1 Å². The molecule has 1 aliphatic rings. The molecule has 98 valence electrons.